The second-order valence-corrected chi connectivity index (χ2v) is 4.22. The summed E-state index contributed by atoms with van der Waals surface area (Å²) < 4.78 is 13.7. The molecule has 1 fully saturated rings. The van der Waals surface area contributed by atoms with Crippen LogP contribution in [0.1, 0.15) is 11.1 Å². The third-order valence-corrected chi connectivity index (χ3v) is 2.93. The topological polar surface area (TPSA) is 67.5 Å². The van der Waals surface area contributed by atoms with Crippen LogP contribution >= 0.6 is 0 Å². The predicted octanol–water partition coefficient (Wildman–Crippen LogP) is 0.235. The molecule has 0 unspecified atom stereocenters. The molecule has 2 atom stereocenters. The monoisotopic (exact) mass is 236 g/mol. The van der Waals surface area contributed by atoms with Crippen LogP contribution in [-0.4, -0.2) is 40.4 Å². The van der Waals surface area contributed by atoms with Crippen LogP contribution in [0.15, 0.2) is 18.2 Å². The van der Waals surface area contributed by atoms with E-state index in [1.165, 1.54) is 6.07 Å². The highest BCUT2D eigenvalue weighted by Crippen LogP contribution is 2.18. The van der Waals surface area contributed by atoms with Gasteiger partial charge in [-0.25, -0.2) is 4.39 Å². The third kappa shape index (κ3) is 2.44. The molecule has 0 spiro atoms. The maximum absolute atomic E-state index is 13.7. The lowest BCUT2D eigenvalue weighted by Gasteiger charge is -2.15. The molecule has 2 N–H and O–H groups in total. The molecule has 2 rings (SSSR count). The minimum Gasteiger partial charge on any atom is -0.389 e. The van der Waals surface area contributed by atoms with Gasteiger partial charge in [-0.1, -0.05) is 12.1 Å². The largest absolute Gasteiger partial charge is 0.389 e. The summed E-state index contributed by atoms with van der Waals surface area (Å²) in [6.07, 6.45) is -1.56. The van der Waals surface area contributed by atoms with Gasteiger partial charge in [0.2, 0.25) is 0 Å². The summed E-state index contributed by atoms with van der Waals surface area (Å²) in [5.41, 5.74) is 0.424. The number of hydrogen-bond donors (Lipinski definition) is 2. The fraction of sp³-hybridized carbons (Fsp3) is 0.417. The van der Waals surface area contributed by atoms with Gasteiger partial charge >= 0.3 is 0 Å². The molecule has 0 saturated carbocycles. The van der Waals surface area contributed by atoms with Gasteiger partial charge in [-0.3, -0.25) is 4.90 Å². The number of likely N-dealkylation sites (tertiary alicyclic amines) is 1. The Kier molecular flexibility index (Phi) is 3.38. The zero-order chi connectivity index (χ0) is 12.4. The molecule has 0 aromatic heterocycles. The average molecular weight is 236 g/mol. The van der Waals surface area contributed by atoms with E-state index in [9.17, 15) is 14.6 Å². The van der Waals surface area contributed by atoms with E-state index in [1.807, 2.05) is 0 Å². The maximum Gasteiger partial charge on any atom is 0.145 e. The van der Waals surface area contributed by atoms with Crippen molar-refractivity contribution in [1.82, 2.24) is 4.90 Å². The Morgan fingerprint density at radius 3 is 2.59 bits per heavy atom. The molecule has 1 aliphatic heterocycles. The van der Waals surface area contributed by atoms with E-state index in [4.69, 9.17) is 5.26 Å². The highest BCUT2D eigenvalue weighted by atomic mass is 19.1. The van der Waals surface area contributed by atoms with Crippen molar-refractivity contribution in [3.63, 3.8) is 0 Å². The average Bonchev–Trinajstić information content (AvgIpc) is 2.61. The number of β-amino-alcohol motifs (C(OH)–C–C–N with tert-alkyl or cyclic N) is 2. The van der Waals surface area contributed by atoms with Gasteiger partial charge in [0, 0.05) is 25.2 Å². The number of aliphatic hydroxyl groups is 2. The maximum atomic E-state index is 13.7. The highest BCUT2D eigenvalue weighted by Gasteiger charge is 2.29. The van der Waals surface area contributed by atoms with Crippen LogP contribution in [0, 0.1) is 17.1 Å². The number of aliphatic hydroxyl groups excluding tert-OH is 2. The Labute approximate surface area is 98.5 Å². The fourth-order valence-electron chi connectivity index (χ4n) is 2.01. The number of benzene rings is 1. The second-order valence-electron chi connectivity index (χ2n) is 4.22. The second kappa shape index (κ2) is 4.80. The van der Waals surface area contributed by atoms with Crippen LogP contribution in [0.2, 0.25) is 0 Å². The number of halogens is 1. The molecule has 90 valence electrons. The molecular formula is C12H13FN2O2. The minimum atomic E-state index is -0.780. The van der Waals surface area contributed by atoms with Gasteiger partial charge in [0.15, 0.2) is 0 Å². The normalized spacial score (nSPS) is 24.8. The van der Waals surface area contributed by atoms with Crippen molar-refractivity contribution in [2.24, 2.45) is 0 Å². The fourth-order valence-corrected chi connectivity index (χ4v) is 2.01. The number of nitrogens with zero attached hydrogens (tertiary/aromatic N) is 2. The van der Waals surface area contributed by atoms with E-state index in [2.05, 4.69) is 0 Å². The van der Waals surface area contributed by atoms with Crippen LogP contribution in [0.5, 0.6) is 0 Å². The van der Waals surface area contributed by atoms with Gasteiger partial charge in [-0.15, -0.1) is 0 Å². The van der Waals surface area contributed by atoms with Crippen molar-refractivity contribution < 1.29 is 14.6 Å². The summed E-state index contributed by atoms with van der Waals surface area (Å²) in [6.45, 7) is 0.921. The third-order valence-electron chi connectivity index (χ3n) is 2.93. The Bertz CT molecular complexity index is 448. The molecule has 0 aliphatic carbocycles. The van der Waals surface area contributed by atoms with Crippen LogP contribution in [0.25, 0.3) is 0 Å². The van der Waals surface area contributed by atoms with Gasteiger partial charge in [0.25, 0.3) is 0 Å². The summed E-state index contributed by atoms with van der Waals surface area (Å²) in [5.74, 6) is -0.522. The first-order chi connectivity index (χ1) is 8.11. The number of nitriles is 1. The lowest BCUT2D eigenvalue weighted by molar-refractivity contribution is 0.0572. The Morgan fingerprint density at radius 1 is 1.35 bits per heavy atom. The molecule has 0 bridgehead atoms. The van der Waals surface area contributed by atoms with Crippen LogP contribution in [0.4, 0.5) is 4.39 Å². The van der Waals surface area contributed by atoms with Gasteiger partial charge in [0.1, 0.15) is 11.9 Å². The molecule has 0 radical (unpaired) electrons. The molecule has 1 aromatic rings. The van der Waals surface area contributed by atoms with Crippen molar-refractivity contribution in [3.05, 3.63) is 35.1 Å². The molecule has 4 nitrogen and oxygen atoms in total. The van der Waals surface area contributed by atoms with Crippen molar-refractivity contribution >= 4 is 0 Å². The van der Waals surface area contributed by atoms with Gasteiger partial charge in [-0.2, -0.15) is 5.26 Å². The van der Waals surface area contributed by atoms with E-state index >= 15 is 0 Å². The quantitative estimate of drug-likeness (QED) is 0.771. The molecule has 1 saturated heterocycles. The Hall–Kier alpha value is -1.48. The van der Waals surface area contributed by atoms with E-state index < -0.39 is 18.0 Å². The molecule has 1 aromatic carbocycles. The van der Waals surface area contributed by atoms with Gasteiger partial charge in [-0.05, 0) is 6.07 Å². The van der Waals surface area contributed by atoms with Crippen LogP contribution in [-0.2, 0) is 6.54 Å². The zero-order valence-electron chi connectivity index (χ0n) is 9.17. The molecule has 17 heavy (non-hydrogen) atoms. The van der Waals surface area contributed by atoms with E-state index in [0.29, 0.717) is 18.7 Å². The van der Waals surface area contributed by atoms with Crippen molar-refractivity contribution in [3.8, 4) is 6.07 Å². The van der Waals surface area contributed by atoms with E-state index in [0.717, 1.165) is 0 Å². The van der Waals surface area contributed by atoms with Gasteiger partial charge in [0.05, 0.1) is 17.8 Å². The highest BCUT2D eigenvalue weighted by molar-refractivity contribution is 5.34. The molecular weight excluding hydrogens is 223 g/mol. The van der Waals surface area contributed by atoms with Gasteiger partial charge < -0.3 is 10.2 Å². The lowest BCUT2D eigenvalue weighted by atomic mass is 10.1. The smallest absolute Gasteiger partial charge is 0.145 e. The first-order valence-corrected chi connectivity index (χ1v) is 5.38. The summed E-state index contributed by atoms with van der Waals surface area (Å²) in [5, 5.41) is 27.5. The van der Waals surface area contributed by atoms with Crippen molar-refractivity contribution in [2.75, 3.05) is 13.1 Å². The first-order valence-electron chi connectivity index (χ1n) is 5.38. The van der Waals surface area contributed by atoms with Crippen LogP contribution < -0.4 is 0 Å². The number of hydrogen-bond acceptors (Lipinski definition) is 4. The Balaban J connectivity index is 2.13. The lowest BCUT2D eigenvalue weighted by Crippen LogP contribution is -2.22. The predicted molar refractivity (Wildman–Crippen MR) is 58.4 cm³/mol. The van der Waals surface area contributed by atoms with Crippen molar-refractivity contribution in [2.45, 2.75) is 18.8 Å². The Morgan fingerprint density at radius 2 is 2.00 bits per heavy atom. The van der Waals surface area contributed by atoms with E-state index in [1.54, 1.807) is 23.1 Å². The van der Waals surface area contributed by atoms with Crippen LogP contribution in [0.3, 0.4) is 0 Å². The standard InChI is InChI=1S/C12H13FN2O2/c13-12-8(4-14)2-1-3-9(12)5-15-6-10(16)11(17)7-15/h1-3,10-11,16-17H,5-7H2/t10-,11+. The van der Waals surface area contributed by atoms with Crippen molar-refractivity contribution in [1.29, 1.82) is 5.26 Å². The molecule has 0 amide bonds. The minimum absolute atomic E-state index is 0.0165. The molecule has 1 aliphatic rings. The summed E-state index contributed by atoms with van der Waals surface area (Å²) >= 11 is 0. The van der Waals surface area contributed by atoms with E-state index in [-0.39, 0.29) is 12.1 Å². The number of rotatable bonds is 2. The zero-order valence-corrected chi connectivity index (χ0v) is 9.17. The molecule has 1 heterocycles. The first kappa shape index (κ1) is 12.0. The summed E-state index contributed by atoms with van der Waals surface area (Å²) in [6, 6.07) is 6.44. The summed E-state index contributed by atoms with van der Waals surface area (Å²) in [4.78, 5) is 1.76. The molecule has 5 heteroatoms. The SMILES string of the molecule is N#Cc1cccc(CN2C[C@@H](O)[C@@H](O)C2)c1F. The summed E-state index contributed by atoms with van der Waals surface area (Å²) in [7, 11) is 0.